The molecule has 0 saturated heterocycles. The molecule has 1 aromatic heterocycles. The Bertz CT molecular complexity index is 573. The largest absolute Gasteiger partial charge is 0.476 e. The fourth-order valence-corrected chi connectivity index (χ4v) is 1.75. The van der Waals surface area contributed by atoms with Crippen LogP contribution in [0.1, 0.15) is 21.6 Å². The van der Waals surface area contributed by atoms with E-state index in [0.717, 1.165) is 11.1 Å². The summed E-state index contributed by atoms with van der Waals surface area (Å²) >= 11 is 0. The summed E-state index contributed by atoms with van der Waals surface area (Å²) in [7, 11) is 0. The lowest BCUT2D eigenvalue weighted by Crippen LogP contribution is -2.02. The molecule has 0 aliphatic carbocycles. The summed E-state index contributed by atoms with van der Waals surface area (Å²) in [6.45, 7) is 3.92. The highest BCUT2D eigenvalue weighted by Crippen LogP contribution is 2.25. The third kappa shape index (κ3) is 2.66. The molecule has 1 heterocycles. The van der Waals surface area contributed by atoms with E-state index in [0.29, 0.717) is 5.75 Å². The van der Waals surface area contributed by atoms with Crippen molar-refractivity contribution in [1.29, 1.82) is 0 Å². The van der Waals surface area contributed by atoms with Gasteiger partial charge in [0, 0.05) is 6.20 Å². The summed E-state index contributed by atoms with van der Waals surface area (Å²) in [5.41, 5.74) is 2.04. The van der Waals surface area contributed by atoms with Gasteiger partial charge in [0.25, 0.3) is 0 Å². The van der Waals surface area contributed by atoms with E-state index in [2.05, 4.69) is 4.98 Å². The molecular weight excluding hydrogens is 230 g/mol. The highest BCUT2D eigenvalue weighted by Gasteiger charge is 2.13. The van der Waals surface area contributed by atoms with Crippen LogP contribution in [0.25, 0.3) is 0 Å². The van der Waals surface area contributed by atoms with E-state index in [-0.39, 0.29) is 11.4 Å². The zero-order valence-corrected chi connectivity index (χ0v) is 10.2. The van der Waals surface area contributed by atoms with E-state index in [1.165, 1.54) is 6.20 Å². The van der Waals surface area contributed by atoms with Gasteiger partial charge in [-0.15, -0.1) is 0 Å². The summed E-state index contributed by atoms with van der Waals surface area (Å²) in [5, 5.41) is 9.01. The monoisotopic (exact) mass is 243 g/mol. The first-order chi connectivity index (χ1) is 8.56. The van der Waals surface area contributed by atoms with Gasteiger partial charge in [-0.2, -0.15) is 0 Å². The number of carbonyl (C=O) groups is 1. The quantitative estimate of drug-likeness (QED) is 0.899. The summed E-state index contributed by atoms with van der Waals surface area (Å²) in [4.78, 5) is 14.8. The van der Waals surface area contributed by atoms with Crippen molar-refractivity contribution in [2.45, 2.75) is 13.8 Å². The average molecular weight is 243 g/mol. The molecule has 0 bridgehead atoms. The van der Waals surface area contributed by atoms with Gasteiger partial charge in [0.1, 0.15) is 5.75 Å². The maximum Gasteiger partial charge on any atom is 0.358 e. The molecule has 92 valence electrons. The lowest BCUT2D eigenvalue weighted by molar-refractivity contribution is 0.0687. The molecule has 0 saturated carbocycles. The van der Waals surface area contributed by atoms with Crippen LogP contribution in [0.2, 0.25) is 0 Å². The number of ether oxygens (including phenoxy) is 1. The number of carboxylic acids is 1. The standard InChI is InChI=1S/C14H13NO3/c1-9-6-10(2)8-11(7-9)18-12-4-3-5-15-13(12)14(16)17/h3-8H,1-2H3,(H,16,17). The molecule has 0 fully saturated rings. The van der Waals surface area contributed by atoms with Gasteiger partial charge in [0.05, 0.1) is 0 Å². The van der Waals surface area contributed by atoms with Crippen LogP contribution in [0, 0.1) is 13.8 Å². The van der Waals surface area contributed by atoms with E-state index in [4.69, 9.17) is 9.84 Å². The maximum absolute atomic E-state index is 11.0. The third-order valence-electron chi connectivity index (χ3n) is 2.40. The Morgan fingerprint density at radius 2 is 1.89 bits per heavy atom. The van der Waals surface area contributed by atoms with Crippen molar-refractivity contribution < 1.29 is 14.6 Å². The Labute approximate surface area is 105 Å². The summed E-state index contributed by atoms with van der Waals surface area (Å²) in [6.07, 6.45) is 1.43. The number of nitrogens with zero attached hydrogens (tertiary/aromatic N) is 1. The number of carboxylic acid groups (broad SMARTS) is 1. The van der Waals surface area contributed by atoms with E-state index >= 15 is 0 Å². The van der Waals surface area contributed by atoms with Crippen molar-refractivity contribution in [1.82, 2.24) is 4.98 Å². The fraction of sp³-hybridized carbons (Fsp3) is 0.143. The molecule has 0 radical (unpaired) electrons. The molecule has 0 spiro atoms. The molecule has 0 aliphatic heterocycles. The van der Waals surface area contributed by atoms with Crippen molar-refractivity contribution in [2.75, 3.05) is 0 Å². The number of benzene rings is 1. The van der Waals surface area contributed by atoms with E-state index in [1.807, 2.05) is 32.0 Å². The molecule has 18 heavy (non-hydrogen) atoms. The molecule has 0 aliphatic rings. The number of aromatic carboxylic acids is 1. The molecular formula is C14H13NO3. The normalized spacial score (nSPS) is 10.1. The van der Waals surface area contributed by atoms with Gasteiger partial charge in [0.2, 0.25) is 0 Å². The van der Waals surface area contributed by atoms with E-state index < -0.39 is 5.97 Å². The first-order valence-corrected chi connectivity index (χ1v) is 5.51. The molecule has 4 heteroatoms. The molecule has 1 aromatic carbocycles. The third-order valence-corrected chi connectivity index (χ3v) is 2.40. The van der Waals surface area contributed by atoms with Crippen LogP contribution < -0.4 is 4.74 Å². The maximum atomic E-state index is 11.0. The van der Waals surface area contributed by atoms with Gasteiger partial charge in [0.15, 0.2) is 11.4 Å². The van der Waals surface area contributed by atoms with Gasteiger partial charge in [-0.25, -0.2) is 9.78 Å². The number of hydrogen-bond acceptors (Lipinski definition) is 3. The second kappa shape index (κ2) is 4.87. The highest BCUT2D eigenvalue weighted by molar-refractivity contribution is 5.88. The average Bonchev–Trinajstić information content (AvgIpc) is 2.27. The van der Waals surface area contributed by atoms with Gasteiger partial charge in [-0.1, -0.05) is 6.07 Å². The van der Waals surface area contributed by atoms with E-state index in [1.54, 1.807) is 12.1 Å². The zero-order chi connectivity index (χ0) is 13.1. The van der Waals surface area contributed by atoms with Crippen molar-refractivity contribution in [3.63, 3.8) is 0 Å². The predicted octanol–water partition coefficient (Wildman–Crippen LogP) is 3.19. The number of rotatable bonds is 3. The molecule has 2 aromatic rings. The number of hydrogen-bond donors (Lipinski definition) is 1. The van der Waals surface area contributed by atoms with Crippen LogP contribution in [-0.4, -0.2) is 16.1 Å². The van der Waals surface area contributed by atoms with Crippen molar-refractivity contribution >= 4 is 5.97 Å². The van der Waals surface area contributed by atoms with Gasteiger partial charge in [-0.05, 0) is 49.2 Å². The Morgan fingerprint density at radius 3 is 2.50 bits per heavy atom. The lowest BCUT2D eigenvalue weighted by Gasteiger charge is -2.09. The van der Waals surface area contributed by atoms with Crippen LogP contribution >= 0.6 is 0 Å². The molecule has 4 nitrogen and oxygen atoms in total. The first-order valence-electron chi connectivity index (χ1n) is 5.51. The summed E-state index contributed by atoms with van der Waals surface area (Å²) in [6, 6.07) is 8.96. The van der Waals surface area contributed by atoms with Gasteiger partial charge < -0.3 is 9.84 Å². The summed E-state index contributed by atoms with van der Waals surface area (Å²) in [5.74, 6) is -0.243. The Kier molecular flexibility index (Phi) is 3.28. The van der Waals surface area contributed by atoms with E-state index in [9.17, 15) is 4.79 Å². The minimum Gasteiger partial charge on any atom is -0.476 e. The smallest absolute Gasteiger partial charge is 0.358 e. The fourth-order valence-electron chi connectivity index (χ4n) is 1.75. The Balaban J connectivity index is 2.37. The highest BCUT2D eigenvalue weighted by atomic mass is 16.5. The molecule has 1 N–H and O–H groups in total. The molecule has 2 rings (SSSR count). The minimum absolute atomic E-state index is 0.0864. The second-order valence-electron chi connectivity index (χ2n) is 4.08. The van der Waals surface area contributed by atoms with Crippen LogP contribution in [0.3, 0.4) is 0 Å². The Morgan fingerprint density at radius 1 is 1.22 bits per heavy atom. The van der Waals surface area contributed by atoms with Crippen molar-refractivity contribution in [3.8, 4) is 11.5 Å². The van der Waals surface area contributed by atoms with Crippen LogP contribution in [0.15, 0.2) is 36.5 Å². The molecule has 0 amide bonds. The van der Waals surface area contributed by atoms with Crippen molar-refractivity contribution in [2.24, 2.45) is 0 Å². The summed E-state index contributed by atoms with van der Waals surface area (Å²) < 4.78 is 5.59. The number of aromatic nitrogens is 1. The first kappa shape index (κ1) is 12.1. The minimum atomic E-state index is -1.10. The SMILES string of the molecule is Cc1cc(C)cc(Oc2cccnc2C(=O)O)c1. The van der Waals surface area contributed by atoms with Crippen molar-refractivity contribution in [3.05, 3.63) is 53.3 Å². The molecule has 0 atom stereocenters. The zero-order valence-electron chi connectivity index (χ0n) is 10.2. The van der Waals surface area contributed by atoms with Gasteiger partial charge >= 0.3 is 5.97 Å². The number of aryl methyl sites for hydroxylation is 2. The number of pyridine rings is 1. The predicted molar refractivity (Wildman–Crippen MR) is 67.2 cm³/mol. The Hall–Kier alpha value is -2.36. The molecule has 0 unspecified atom stereocenters. The topological polar surface area (TPSA) is 59.4 Å². The van der Waals surface area contributed by atoms with Crippen LogP contribution in [0.5, 0.6) is 11.5 Å². The second-order valence-corrected chi connectivity index (χ2v) is 4.08. The van der Waals surface area contributed by atoms with Crippen LogP contribution in [-0.2, 0) is 0 Å². The lowest BCUT2D eigenvalue weighted by atomic mass is 10.1. The van der Waals surface area contributed by atoms with Gasteiger partial charge in [-0.3, -0.25) is 0 Å². The van der Waals surface area contributed by atoms with Crippen LogP contribution in [0.4, 0.5) is 0 Å².